The van der Waals surface area contributed by atoms with Crippen molar-refractivity contribution < 1.29 is 9.47 Å². The number of fused-ring (bicyclic) bond motifs is 1. The molecule has 2 nitrogen and oxygen atoms in total. The van der Waals surface area contributed by atoms with Crippen molar-refractivity contribution in [2.75, 3.05) is 6.61 Å². The first-order chi connectivity index (χ1) is 5.38. The molecule has 2 heteroatoms. The average molecular weight is 149 g/mol. The van der Waals surface area contributed by atoms with E-state index in [1.54, 1.807) is 6.61 Å². The Kier molecular flexibility index (Phi) is 1.46. The highest BCUT2D eigenvalue weighted by Gasteiger charge is 2.12. The molecule has 0 saturated heterocycles. The molecule has 1 aromatic carbocycles. The Morgan fingerprint density at radius 1 is 1.36 bits per heavy atom. The molecule has 11 heavy (non-hydrogen) atoms. The molecule has 1 radical (unpaired) electrons. The minimum atomic E-state index is 0.538. The summed E-state index contributed by atoms with van der Waals surface area (Å²) in [5.74, 6) is 1.69. The Labute approximate surface area is 65.7 Å². The minimum absolute atomic E-state index is 0.538. The van der Waals surface area contributed by atoms with E-state index in [-0.39, 0.29) is 0 Å². The van der Waals surface area contributed by atoms with Crippen molar-refractivity contribution in [1.82, 2.24) is 0 Å². The lowest BCUT2D eigenvalue weighted by molar-refractivity contribution is 0.222. The Morgan fingerprint density at radius 3 is 3.09 bits per heavy atom. The van der Waals surface area contributed by atoms with E-state index in [4.69, 9.17) is 9.47 Å². The number of para-hydroxylation sites is 1. The van der Waals surface area contributed by atoms with Gasteiger partial charge in [0.05, 0.1) is 0 Å². The van der Waals surface area contributed by atoms with E-state index in [0.29, 0.717) is 6.61 Å². The van der Waals surface area contributed by atoms with E-state index in [1.165, 1.54) is 0 Å². The van der Waals surface area contributed by atoms with Crippen molar-refractivity contribution in [1.29, 1.82) is 0 Å². The monoisotopic (exact) mass is 149 g/mol. The number of ether oxygens (including phenoxy) is 2. The second-order valence-electron chi connectivity index (χ2n) is 2.50. The quantitative estimate of drug-likeness (QED) is 0.561. The average Bonchev–Trinajstić information content (AvgIpc) is 2.06. The first kappa shape index (κ1) is 6.53. The van der Waals surface area contributed by atoms with Crippen LogP contribution in [0.2, 0.25) is 0 Å². The van der Waals surface area contributed by atoms with E-state index in [9.17, 15) is 0 Å². The van der Waals surface area contributed by atoms with Crippen LogP contribution in [0.1, 0.15) is 5.56 Å². The van der Waals surface area contributed by atoms with Crippen molar-refractivity contribution in [2.24, 2.45) is 0 Å². The first-order valence-corrected chi connectivity index (χ1v) is 3.58. The molecular weight excluding hydrogens is 140 g/mol. The van der Waals surface area contributed by atoms with E-state index in [2.05, 4.69) is 0 Å². The van der Waals surface area contributed by atoms with Crippen LogP contribution in [-0.2, 0) is 0 Å². The molecular formula is C9H9O2. The van der Waals surface area contributed by atoms with Crippen LogP contribution >= 0.6 is 0 Å². The van der Waals surface area contributed by atoms with Crippen molar-refractivity contribution >= 4 is 0 Å². The fraction of sp³-hybridized carbons (Fsp3) is 0.222. The minimum Gasteiger partial charge on any atom is -0.486 e. The molecule has 0 fully saturated rings. The van der Waals surface area contributed by atoms with Gasteiger partial charge < -0.3 is 9.47 Å². The van der Waals surface area contributed by atoms with Crippen molar-refractivity contribution in [3.63, 3.8) is 0 Å². The largest absolute Gasteiger partial charge is 0.486 e. The molecule has 0 amide bonds. The van der Waals surface area contributed by atoms with E-state index in [1.807, 2.05) is 25.1 Å². The Balaban J connectivity index is 2.49. The summed E-state index contributed by atoms with van der Waals surface area (Å²) in [6, 6.07) is 5.87. The topological polar surface area (TPSA) is 18.5 Å². The van der Waals surface area contributed by atoms with Crippen LogP contribution in [0.3, 0.4) is 0 Å². The third-order valence-corrected chi connectivity index (χ3v) is 1.68. The lowest BCUT2D eigenvalue weighted by Crippen LogP contribution is -2.10. The summed E-state index contributed by atoms with van der Waals surface area (Å²) in [5, 5.41) is 0. The van der Waals surface area contributed by atoms with Crippen LogP contribution in [0.5, 0.6) is 11.5 Å². The molecule has 1 heterocycles. The first-order valence-electron chi connectivity index (χ1n) is 3.58. The van der Waals surface area contributed by atoms with Gasteiger partial charge in [-0.3, -0.25) is 0 Å². The molecule has 0 unspecified atom stereocenters. The highest BCUT2D eigenvalue weighted by atomic mass is 16.6. The van der Waals surface area contributed by atoms with E-state index < -0.39 is 0 Å². The predicted molar refractivity (Wildman–Crippen MR) is 41.6 cm³/mol. The van der Waals surface area contributed by atoms with Crippen molar-refractivity contribution in [3.8, 4) is 11.5 Å². The van der Waals surface area contributed by atoms with E-state index >= 15 is 0 Å². The summed E-state index contributed by atoms with van der Waals surface area (Å²) in [5.41, 5.74) is 1.11. The molecule has 1 aliphatic heterocycles. The summed E-state index contributed by atoms with van der Waals surface area (Å²) in [6.45, 7) is 4.20. The maximum absolute atomic E-state index is 5.32. The van der Waals surface area contributed by atoms with Gasteiger partial charge >= 0.3 is 0 Å². The fourth-order valence-electron chi connectivity index (χ4n) is 1.13. The third-order valence-electron chi connectivity index (χ3n) is 1.68. The Hall–Kier alpha value is -1.18. The van der Waals surface area contributed by atoms with Crippen LogP contribution in [0, 0.1) is 13.5 Å². The normalized spacial score (nSPS) is 14.6. The summed E-state index contributed by atoms with van der Waals surface area (Å²) < 4.78 is 10.6. The molecule has 0 bridgehead atoms. The molecule has 1 aliphatic rings. The van der Waals surface area contributed by atoms with Gasteiger partial charge in [-0.2, -0.15) is 0 Å². The van der Waals surface area contributed by atoms with Crippen LogP contribution in [0.15, 0.2) is 18.2 Å². The van der Waals surface area contributed by atoms with Gasteiger partial charge in [0.1, 0.15) is 6.61 Å². The van der Waals surface area contributed by atoms with E-state index in [0.717, 1.165) is 17.1 Å². The molecule has 0 aliphatic carbocycles. The number of hydrogen-bond acceptors (Lipinski definition) is 2. The number of rotatable bonds is 0. The second kappa shape index (κ2) is 2.46. The number of hydrogen-bond donors (Lipinski definition) is 0. The molecule has 0 atom stereocenters. The number of aryl methyl sites for hydroxylation is 1. The van der Waals surface area contributed by atoms with Gasteiger partial charge in [-0.25, -0.2) is 0 Å². The van der Waals surface area contributed by atoms with Gasteiger partial charge in [-0.05, 0) is 18.6 Å². The maximum Gasteiger partial charge on any atom is 0.173 e. The number of benzene rings is 1. The Morgan fingerprint density at radius 2 is 2.27 bits per heavy atom. The maximum atomic E-state index is 5.32. The SMILES string of the molecule is Cc1cccc2c1O[CH]CO2. The van der Waals surface area contributed by atoms with Gasteiger partial charge in [-0.15, -0.1) is 0 Å². The third kappa shape index (κ3) is 1.04. The van der Waals surface area contributed by atoms with Gasteiger partial charge in [0.2, 0.25) is 0 Å². The van der Waals surface area contributed by atoms with Gasteiger partial charge in [0.25, 0.3) is 0 Å². The highest BCUT2D eigenvalue weighted by Crippen LogP contribution is 2.33. The van der Waals surface area contributed by atoms with Crippen LogP contribution in [0.25, 0.3) is 0 Å². The van der Waals surface area contributed by atoms with Crippen molar-refractivity contribution in [2.45, 2.75) is 6.92 Å². The molecule has 0 saturated carbocycles. The zero-order chi connectivity index (χ0) is 7.68. The smallest absolute Gasteiger partial charge is 0.173 e. The van der Waals surface area contributed by atoms with Crippen LogP contribution in [-0.4, -0.2) is 6.61 Å². The molecule has 0 aromatic heterocycles. The van der Waals surface area contributed by atoms with Gasteiger partial charge in [0.15, 0.2) is 18.1 Å². The van der Waals surface area contributed by atoms with Crippen LogP contribution < -0.4 is 9.47 Å². The summed E-state index contributed by atoms with van der Waals surface area (Å²) >= 11 is 0. The molecule has 0 N–H and O–H groups in total. The zero-order valence-electron chi connectivity index (χ0n) is 6.33. The summed E-state index contributed by atoms with van der Waals surface area (Å²) in [6.07, 6.45) is 0. The molecule has 1 aromatic rings. The van der Waals surface area contributed by atoms with Gasteiger partial charge in [-0.1, -0.05) is 12.1 Å². The molecule has 57 valence electrons. The Bertz CT molecular complexity index is 268. The zero-order valence-corrected chi connectivity index (χ0v) is 6.33. The highest BCUT2D eigenvalue weighted by molar-refractivity contribution is 5.47. The molecule has 2 rings (SSSR count). The molecule has 0 spiro atoms. The van der Waals surface area contributed by atoms with Crippen molar-refractivity contribution in [3.05, 3.63) is 30.4 Å². The lowest BCUT2D eigenvalue weighted by Gasteiger charge is -2.18. The van der Waals surface area contributed by atoms with Crippen LogP contribution in [0.4, 0.5) is 0 Å². The second-order valence-corrected chi connectivity index (χ2v) is 2.50. The fourth-order valence-corrected chi connectivity index (χ4v) is 1.13. The standard InChI is InChI=1S/C9H9O2/c1-7-3-2-4-8-9(7)11-6-5-10-8/h2-4,6H,5H2,1H3. The summed E-state index contributed by atoms with van der Waals surface area (Å²) in [7, 11) is 0. The lowest BCUT2D eigenvalue weighted by atomic mass is 10.2. The summed E-state index contributed by atoms with van der Waals surface area (Å²) in [4.78, 5) is 0. The van der Waals surface area contributed by atoms with Gasteiger partial charge in [0, 0.05) is 0 Å². The predicted octanol–water partition coefficient (Wildman–Crippen LogP) is 1.93.